The number of piperidine rings is 2. The fraction of sp³-hybridized carbons (Fsp3) is 0.567. The quantitative estimate of drug-likeness (QED) is 0.526. The number of pyridine rings is 1. The number of aliphatic hydroxyl groups is 1. The Morgan fingerprint density at radius 2 is 1.66 bits per heavy atom. The molecule has 2 fully saturated rings. The van der Waals surface area contributed by atoms with E-state index in [4.69, 9.17) is 4.74 Å². The van der Waals surface area contributed by atoms with E-state index in [0.717, 1.165) is 60.6 Å². The highest BCUT2D eigenvalue weighted by molar-refractivity contribution is 5.93. The monoisotopic (exact) mass is 576 g/mol. The predicted octanol–water partition coefficient (Wildman–Crippen LogP) is 4.40. The van der Waals surface area contributed by atoms with Crippen LogP contribution in [0.5, 0.6) is 5.75 Å². The largest absolute Gasteiger partial charge is 0.497 e. The molecule has 0 bridgehead atoms. The van der Waals surface area contributed by atoms with E-state index >= 15 is 0 Å². The first-order valence-electron chi connectivity index (χ1n) is 14.0. The van der Waals surface area contributed by atoms with Crippen molar-refractivity contribution in [3.8, 4) is 5.75 Å². The Bertz CT molecular complexity index is 1240. The van der Waals surface area contributed by atoms with Crippen LogP contribution in [0, 0.1) is 18.8 Å². The molecule has 1 aromatic carbocycles. The van der Waals surface area contributed by atoms with Gasteiger partial charge in [-0.15, -0.1) is 0 Å². The Balaban J connectivity index is 1.31. The van der Waals surface area contributed by atoms with Gasteiger partial charge < -0.3 is 24.5 Å². The van der Waals surface area contributed by atoms with E-state index in [9.17, 15) is 27.9 Å². The summed E-state index contributed by atoms with van der Waals surface area (Å²) in [6.07, 6.45) is 0.705. The van der Waals surface area contributed by atoms with Gasteiger partial charge in [0.1, 0.15) is 11.4 Å². The summed E-state index contributed by atoms with van der Waals surface area (Å²) in [4.78, 5) is 34.8. The molecule has 0 radical (unpaired) electrons. The van der Waals surface area contributed by atoms with Gasteiger partial charge in [0, 0.05) is 45.8 Å². The van der Waals surface area contributed by atoms with Crippen LogP contribution < -0.4 is 9.64 Å². The Hall–Kier alpha value is -3.34. The van der Waals surface area contributed by atoms with Crippen molar-refractivity contribution in [1.82, 2.24) is 14.8 Å². The lowest BCUT2D eigenvalue weighted by Crippen LogP contribution is -2.57. The molecule has 2 aliphatic rings. The minimum atomic E-state index is -5.18. The third-order valence-electron chi connectivity index (χ3n) is 8.43. The summed E-state index contributed by atoms with van der Waals surface area (Å²) >= 11 is 0. The van der Waals surface area contributed by atoms with Crippen molar-refractivity contribution in [2.75, 3.05) is 52.3 Å². The molecule has 1 atom stereocenters. The number of carbonyl (C=O) groups excluding carboxylic acids is 2. The Kier molecular flexibility index (Phi) is 9.16. The molecular formula is C30H39F3N4O4. The van der Waals surface area contributed by atoms with E-state index in [2.05, 4.69) is 9.88 Å². The second-order valence-electron chi connectivity index (χ2n) is 11.4. The maximum Gasteiger partial charge on any atom is 0.430 e. The lowest BCUT2D eigenvalue weighted by atomic mass is 9.82. The smallest absolute Gasteiger partial charge is 0.430 e. The number of benzene rings is 1. The zero-order chi connectivity index (χ0) is 29.9. The summed E-state index contributed by atoms with van der Waals surface area (Å²) in [7, 11) is 4.72. The molecule has 11 heteroatoms. The van der Waals surface area contributed by atoms with Crippen LogP contribution in [0.25, 0.3) is 0 Å². The topological polar surface area (TPSA) is 86.2 Å². The molecule has 2 saturated heterocycles. The van der Waals surface area contributed by atoms with Gasteiger partial charge in [-0.2, -0.15) is 13.2 Å². The summed E-state index contributed by atoms with van der Waals surface area (Å²) in [6.45, 7) is 3.97. The number of methoxy groups -OCH3 is 1. The van der Waals surface area contributed by atoms with E-state index in [-0.39, 0.29) is 24.7 Å². The number of nitrogens with zero attached hydrogens (tertiary/aromatic N) is 4. The number of aromatic nitrogens is 1. The molecule has 0 saturated carbocycles. The number of anilines is 1. The summed E-state index contributed by atoms with van der Waals surface area (Å²) in [6, 6.07) is 6.95. The van der Waals surface area contributed by atoms with Crippen molar-refractivity contribution in [1.29, 1.82) is 0 Å². The van der Waals surface area contributed by atoms with Crippen LogP contribution in [-0.4, -0.2) is 85.3 Å². The molecule has 41 heavy (non-hydrogen) atoms. The van der Waals surface area contributed by atoms with Crippen molar-refractivity contribution >= 4 is 17.5 Å². The average molecular weight is 577 g/mol. The van der Waals surface area contributed by atoms with Crippen molar-refractivity contribution < 1.29 is 32.6 Å². The third-order valence-corrected chi connectivity index (χ3v) is 8.43. The van der Waals surface area contributed by atoms with E-state index in [0.29, 0.717) is 30.4 Å². The van der Waals surface area contributed by atoms with Gasteiger partial charge >= 0.3 is 6.18 Å². The molecule has 2 aliphatic heterocycles. The molecule has 0 aliphatic carbocycles. The van der Waals surface area contributed by atoms with Crippen LogP contribution in [0.3, 0.4) is 0 Å². The molecule has 1 N–H and O–H groups in total. The van der Waals surface area contributed by atoms with Crippen LogP contribution in [0.15, 0.2) is 36.5 Å². The Morgan fingerprint density at radius 3 is 2.20 bits per heavy atom. The summed E-state index contributed by atoms with van der Waals surface area (Å²) in [5, 5.41) is 10.8. The molecule has 2 aromatic rings. The highest BCUT2D eigenvalue weighted by atomic mass is 19.4. The van der Waals surface area contributed by atoms with Gasteiger partial charge in [0.15, 0.2) is 0 Å². The Morgan fingerprint density at radius 1 is 1.05 bits per heavy atom. The van der Waals surface area contributed by atoms with Crippen molar-refractivity contribution in [2.24, 2.45) is 11.8 Å². The van der Waals surface area contributed by atoms with Gasteiger partial charge in [-0.05, 0) is 74.6 Å². The fourth-order valence-corrected chi connectivity index (χ4v) is 5.92. The van der Waals surface area contributed by atoms with Crippen LogP contribution in [0.4, 0.5) is 18.9 Å². The lowest BCUT2D eigenvalue weighted by molar-refractivity contribution is -0.262. The van der Waals surface area contributed by atoms with Crippen molar-refractivity contribution in [3.63, 3.8) is 0 Å². The number of halogens is 3. The van der Waals surface area contributed by atoms with Gasteiger partial charge in [-0.3, -0.25) is 9.59 Å². The number of alkyl halides is 3. The zero-order valence-electron chi connectivity index (χ0n) is 24.1. The summed E-state index contributed by atoms with van der Waals surface area (Å²) in [5.74, 6) is -0.528. The molecule has 3 heterocycles. The first-order valence-corrected chi connectivity index (χ1v) is 14.0. The number of hydrogen-bond donors (Lipinski definition) is 1. The Labute approximate surface area is 239 Å². The first kappa shape index (κ1) is 30.6. The number of hydrogen-bond acceptors (Lipinski definition) is 6. The zero-order valence-corrected chi connectivity index (χ0v) is 24.1. The van der Waals surface area contributed by atoms with E-state index in [1.807, 2.05) is 13.0 Å². The van der Waals surface area contributed by atoms with Crippen LogP contribution >= 0.6 is 0 Å². The van der Waals surface area contributed by atoms with Gasteiger partial charge in [0.25, 0.3) is 17.4 Å². The van der Waals surface area contributed by atoms with Crippen molar-refractivity contribution in [3.05, 3.63) is 53.3 Å². The van der Waals surface area contributed by atoms with E-state index < -0.39 is 23.2 Å². The number of rotatable bonds is 7. The molecule has 1 aromatic heterocycles. The number of aryl methyl sites for hydroxylation is 1. The standard InChI is InChI=1S/C30H39F3N4O4/c1-20-16-24(19-34-26(20)27(38)35(2)3)36-12-8-21(9-13-36)17-22-10-14-37(15-11-22)28(39)29(40,30(31,32)33)23-6-5-7-25(18-23)41-4/h5-7,16,18-19,21-22,40H,8-15,17H2,1-4H3/t29-/m1/s1. The fourth-order valence-electron chi connectivity index (χ4n) is 5.92. The number of ether oxygens (including phenoxy) is 1. The normalized spacial score (nSPS) is 18.6. The molecule has 0 spiro atoms. The number of likely N-dealkylation sites (tertiary alicyclic amines) is 1. The second kappa shape index (κ2) is 12.3. The maximum atomic E-state index is 14.1. The number of amides is 2. The van der Waals surface area contributed by atoms with Gasteiger partial charge in [-0.1, -0.05) is 12.1 Å². The summed E-state index contributed by atoms with van der Waals surface area (Å²) in [5.41, 5.74) is -1.89. The maximum absolute atomic E-state index is 14.1. The molecule has 224 valence electrons. The highest BCUT2D eigenvalue weighted by Gasteiger charge is 2.62. The van der Waals surface area contributed by atoms with Crippen LogP contribution in [-0.2, 0) is 10.4 Å². The van der Waals surface area contributed by atoms with Gasteiger partial charge in [0.2, 0.25) is 0 Å². The second-order valence-corrected chi connectivity index (χ2v) is 11.4. The lowest BCUT2D eigenvalue weighted by Gasteiger charge is -2.40. The van der Waals surface area contributed by atoms with Gasteiger partial charge in [-0.25, -0.2) is 4.98 Å². The SMILES string of the molecule is COc1cccc([C@@](O)(C(=O)N2CCC(CC3CCN(c4cnc(C(=O)N(C)C)c(C)c4)CC3)CC2)C(F)(F)F)c1. The predicted molar refractivity (Wildman–Crippen MR) is 149 cm³/mol. The number of carbonyl (C=O) groups is 2. The van der Waals surface area contributed by atoms with Crippen LogP contribution in [0.1, 0.15) is 53.7 Å². The first-order chi connectivity index (χ1) is 19.3. The highest BCUT2D eigenvalue weighted by Crippen LogP contribution is 2.42. The van der Waals surface area contributed by atoms with Gasteiger partial charge in [0.05, 0.1) is 19.0 Å². The molecule has 2 amide bonds. The summed E-state index contributed by atoms with van der Waals surface area (Å²) < 4.78 is 47.4. The molecule has 0 unspecified atom stereocenters. The molecule has 8 nitrogen and oxygen atoms in total. The third kappa shape index (κ3) is 6.45. The van der Waals surface area contributed by atoms with Crippen molar-refractivity contribution in [2.45, 2.75) is 50.8 Å². The average Bonchev–Trinajstić information content (AvgIpc) is 2.96. The van der Waals surface area contributed by atoms with E-state index in [1.165, 1.54) is 24.1 Å². The minimum Gasteiger partial charge on any atom is -0.497 e. The molecular weight excluding hydrogens is 537 g/mol. The molecule has 4 rings (SSSR count). The van der Waals surface area contributed by atoms with E-state index in [1.54, 1.807) is 20.3 Å². The van der Waals surface area contributed by atoms with Crippen LogP contribution in [0.2, 0.25) is 0 Å². The minimum absolute atomic E-state index is 0.121.